The van der Waals surface area contributed by atoms with Crippen molar-refractivity contribution in [1.29, 1.82) is 0 Å². The third-order valence-electron chi connectivity index (χ3n) is 4.42. The van der Waals surface area contributed by atoms with Crippen molar-refractivity contribution in [2.45, 2.75) is 4.90 Å². The Morgan fingerprint density at radius 2 is 1.29 bits per heavy atom. The summed E-state index contributed by atoms with van der Waals surface area (Å²) in [5.41, 5.74) is 1.06. The number of rotatable bonds is 8. The highest BCUT2D eigenvalue weighted by atomic mass is 32.2. The van der Waals surface area contributed by atoms with E-state index in [4.69, 9.17) is 14.2 Å². The van der Waals surface area contributed by atoms with Gasteiger partial charge in [-0.25, -0.2) is 8.42 Å². The first-order valence-corrected chi connectivity index (χ1v) is 10.7. The number of ether oxygens (including phenoxy) is 3. The molecule has 3 rings (SSSR count). The van der Waals surface area contributed by atoms with Gasteiger partial charge in [0.2, 0.25) is 0 Å². The van der Waals surface area contributed by atoms with Gasteiger partial charge in [-0.1, -0.05) is 6.07 Å². The van der Waals surface area contributed by atoms with Crippen LogP contribution in [0.3, 0.4) is 0 Å². The van der Waals surface area contributed by atoms with E-state index in [9.17, 15) is 13.2 Å². The number of sulfonamides is 1. The van der Waals surface area contributed by atoms with Gasteiger partial charge in [0.25, 0.3) is 15.9 Å². The number of nitrogens with one attached hydrogen (secondary N) is 2. The quantitative estimate of drug-likeness (QED) is 0.551. The smallest absolute Gasteiger partial charge is 0.263 e. The van der Waals surface area contributed by atoms with Crippen LogP contribution >= 0.6 is 0 Å². The Hall–Kier alpha value is -3.72. The molecule has 0 spiro atoms. The van der Waals surface area contributed by atoms with Gasteiger partial charge in [-0.15, -0.1) is 0 Å². The highest BCUT2D eigenvalue weighted by Gasteiger charge is 2.19. The van der Waals surface area contributed by atoms with Crippen LogP contribution in [0.4, 0.5) is 11.4 Å². The minimum atomic E-state index is -3.80. The first-order chi connectivity index (χ1) is 14.9. The van der Waals surface area contributed by atoms with Gasteiger partial charge in [0.05, 0.1) is 26.2 Å². The fourth-order valence-electron chi connectivity index (χ4n) is 2.86. The normalized spacial score (nSPS) is 10.8. The predicted octanol–water partition coefficient (Wildman–Crippen LogP) is 3.77. The van der Waals surface area contributed by atoms with Gasteiger partial charge >= 0.3 is 0 Å². The first kappa shape index (κ1) is 22.0. The summed E-state index contributed by atoms with van der Waals surface area (Å²) in [5.74, 6) is 0.899. The number of anilines is 2. The van der Waals surface area contributed by atoms with E-state index in [0.29, 0.717) is 28.6 Å². The zero-order chi connectivity index (χ0) is 22.4. The third-order valence-corrected chi connectivity index (χ3v) is 5.82. The van der Waals surface area contributed by atoms with E-state index in [1.165, 1.54) is 45.6 Å². The van der Waals surface area contributed by atoms with Gasteiger partial charge in [0.15, 0.2) is 0 Å². The van der Waals surface area contributed by atoms with Gasteiger partial charge < -0.3 is 19.5 Å². The standard InChI is InChI=1S/C22H22N2O6S/c1-28-17-11-7-16(8-12-17)24-31(26,27)18-13-9-15(10-14-18)23-22(25)21-19(29-2)5-4-6-20(21)30-3/h4-14,24H,1-3H3,(H,23,25). The monoisotopic (exact) mass is 442 g/mol. The SMILES string of the molecule is COc1ccc(NS(=O)(=O)c2ccc(NC(=O)c3c(OC)cccc3OC)cc2)cc1. The predicted molar refractivity (Wildman–Crippen MR) is 118 cm³/mol. The van der Waals surface area contributed by atoms with Crippen LogP contribution in [0.25, 0.3) is 0 Å². The molecular weight excluding hydrogens is 420 g/mol. The molecule has 31 heavy (non-hydrogen) atoms. The van der Waals surface area contributed by atoms with E-state index in [-0.39, 0.29) is 10.5 Å². The van der Waals surface area contributed by atoms with Crippen LogP contribution < -0.4 is 24.2 Å². The molecule has 0 saturated heterocycles. The van der Waals surface area contributed by atoms with Gasteiger partial charge in [-0.3, -0.25) is 9.52 Å². The Kier molecular flexibility index (Phi) is 6.66. The molecule has 0 radical (unpaired) electrons. The van der Waals surface area contributed by atoms with Crippen LogP contribution in [0.5, 0.6) is 17.2 Å². The zero-order valence-corrected chi connectivity index (χ0v) is 18.0. The molecule has 162 valence electrons. The molecule has 0 aliphatic carbocycles. The molecule has 0 aromatic heterocycles. The highest BCUT2D eigenvalue weighted by Crippen LogP contribution is 2.29. The second-order valence-corrected chi connectivity index (χ2v) is 8.03. The Labute approximate surface area is 180 Å². The van der Waals surface area contributed by atoms with Crippen molar-refractivity contribution >= 4 is 27.3 Å². The molecule has 2 N–H and O–H groups in total. The molecule has 0 aliphatic rings. The largest absolute Gasteiger partial charge is 0.497 e. The Balaban J connectivity index is 1.76. The molecule has 0 heterocycles. The van der Waals surface area contributed by atoms with Crippen LogP contribution in [0.15, 0.2) is 71.6 Å². The Bertz CT molecular complexity index is 1140. The minimum Gasteiger partial charge on any atom is -0.497 e. The lowest BCUT2D eigenvalue weighted by Crippen LogP contribution is -2.15. The Morgan fingerprint density at radius 3 is 1.81 bits per heavy atom. The molecule has 0 aliphatic heterocycles. The van der Waals surface area contributed by atoms with Gasteiger partial charge in [0, 0.05) is 11.4 Å². The number of amides is 1. The molecule has 0 fully saturated rings. The maximum Gasteiger partial charge on any atom is 0.263 e. The summed E-state index contributed by atoms with van der Waals surface area (Å²) in [6, 6.07) is 17.3. The average molecular weight is 442 g/mol. The van der Waals surface area contributed by atoms with Crippen LogP contribution in [0.1, 0.15) is 10.4 Å². The highest BCUT2D eigenvalue weighted by molar-refractivity contribution is 7.92. The fourth-order valence-corrected chi connectivity index (χ4v) is 3.92. The second-order valence-electron chi connectivity index (χ2n) is 6.35. The van der Waals surface area contributed by atoms with Gasteiger partial charge in [0.1, 0.15) is 22.8 Å². The summed E-state index contributed by atoms with van der Waals surface area (Å²) in [4.78, 5) is 12.8. The topological polar surface area (TPSA) is 103 Å². The maximum absolute atomic E-state index is 12.7. The van der Waals surface area contributed by atoms with E-state index in [2.05, 4.69) is 10.0 Å². The van der Waals surface area contributed by atoms with E-state index in [1.807, 2.05) is 0 Å². The van der Waals surface area contributed by atoms with E-state index >= 15 is 0 Å². The van der Waals surface area contributed by atoms with E-state index in [1.54, 1.807) is 42.5 Å². The summed E-state index contributed by atoms with van der Waals surface area (Å²) in [6.07, 6.45) is 0. The number of carbonyl (C=O) groups excluding carboxylic acids is 1. The number of hydrogen-bond donors (Lipinski definition) is 2. The van der Waals surface area contributed by atoms with Crippen molar-refractivity contribution in [1.82, 2.24) is 0 Å². The molecule has 0 bridgehead atoms. The summed E-state index contributed by atoms with van der Waals surface area (Å²) in [7, 11) is 0.655. The van der Waals surface area contributed by atoms with Crippen LogP contribution in [-0.2, 0) is 10.0 Å². The minimum absolute atomic E-state index is 0.0520. The maximum atomic E-state index is 12.7. The molecule has 9 heteroatoms. The number of hydrogen-bond acceptors (Lipinski definition) is 6. The van der Waals surface area contributed by atoms with Crippen LogP contribution in [-0.4, -0.2) is 35.7 Å². The van der Waals surface area contributed by atoms with Crippen LogP contribution in [0.2, 0.25) is 0 Å². The summed E-state index contributed by atoms with van der Waals surface area (Å²) >= 11 is 0. The third kappa shape index (κ3) is 5.07. The molecule has 0 saturated carbocycles. The van der Waals surface area contributed by atoms with Crippen molar-refractivity contribution in [3.8, 4) is 17.2 Å². The first-order valence-electron chi connectivity index (χ1n) is 9.17. The molecule has 8 nitrogen and oxygen atoms in total. The summed E-state index contributed by atoms with van der Waals surface area (Å²) in [5, 5.41) is 2.72. The molecule has 0 unspecified atom stereocenters. The van der Waals surface area contributed by atoms with E-state index < -0.39 is 15.9 Å². The summed E-state index contributed by atoms with van der Waals surface area (Å²) in [6.45, 7) is 0. The van der Waals surface area contributed by atoms with Crippen molar-refractivity contribution < 1.29 is 27.4 Å². The van der Waals surface area contributed by atoms with Crippen molar-refractivity contribution in [2.75, 3.05) is 31.4 Å². The number of benzene rings is 3. The van der Waals surface area contributed by atoms with E-state index in [0.717, 1.165) is 0 Å². The molecular formula is C22H22N2O6S. The summed E-state index contributed by atoms with van der Waals surface area (Å²) < 4.78 is 43.3. The van der Waals surface area contributed by atoms with Gasteiger partial charge in [-0.2, -0.15) is 0 Å². The lowest BCUT2D eigenvalue weighted by molar-refractivity contribution is 0.102. The number of carbonyl (C=O) groups is 1. The molecule has 0 atom stereocenters. The Morgan fingerprint density at radius 1 is 0.742 bits per heavy atom. The van der Waals surface area contributed by atoms with Gasteiger partial charge in [-0.05, 0) is 60.7 Å². The molecule has 3 aromatic carbocycles. The average Bonchev–Trinajstić information content (AvgIpc) is 2.79. The van der Waals surface area contributed by atoms with Crippen molar-refractivity contribution in [2.24, 2.45) is 0 Å². The lowest BCUT2D eigenvalue weighted by Gasteiger charge is -2.13. The molecule has 1 amide bonds. The van der Waals surface area contributed by atoms with Crippen LogP contribution in [0, 0.1) is 0 Å². The number of methoxy groups -OCH3 is 3. The van der Waals surface area contributed by atoms with Crippen molar-refractivity contribution in [3.05, 3.63) is 72.3 Å². The zero-order valence-electron chi connectivity index (χ0n) is 17.2. The second kappa shape index (κ2) is 9.40. The molecule has 3 aromatic rings. The lowest BCUT2D eigenvalue weighted by atomic mass is 10.1. The fraction of sp³-hybridized carbons (Fsp3) is 0.136. The van der Waals surface area contributed by atoms with Crippen molar-refractivity contribution in [3.63, 3.8) is 0 Å².